The molecule has 7 heteroatoms. The average molecular weight is 366 g/mol. The van der Waals surface area contributed by atoms with E-state index in [0.717, 1.165) is 0 Å². The molecule has 1 aromatic heterocycles. The fourth-order valence-electron chi connectivity index (χ4n) is 2.44. The molecule has 0 radical (unpaired) electrons. The second-order valence-corrected chi connectivity index (χ2v) is 5.73. The number of nitrogens with one attached hydrogen (secondary N) is 2. The van der Waals surface area contributed by atoms with Crippen LogP contribution >= 0.6 is 0 Å². The molecular weight excluding hydrogens is 347 g/mol. The minimum Gasteiger partial charge on any atom is -0.492 e. The second-order valence-electron chi connectivity index (χ2n) is 5.73. The van der Waals surface area contributed by atoms with Crippen molar-refractivity contribution in [3.05, 3.63) is 71.8 Å². The predicted molar refractivity (Wildman–Crippen MR) is 102 cm³/mol. The Hall–Kier alpha value is -3.48. The van der Waals surface area contributed by atoms with E-state index >= 15 is 0 Å². The SMILES string of the molecule is CCOc1ccccc1NC(=O)c1cc(C)nc(Nc2ccc(F)cc2)n1. The number of hydrogen-bond donors (Lipinski definition) is 2. The number of ether oxygens (including phenoxy) is 1. The van der Waals surface area contributed by atoms with E-state index in [4.69, 9.17) is 4.74 Å². The lowest BCUT2D eigenvalue weighted by Crippen LogP contribution is -2.16. The summed E-state index contributed by atoms with van der Waals surface area (Å²) in [7, 11) is 0. The van der Waals surface area contributed by atoms with Gasteiger partial charge in [0.25, 0.3) is 5.91 Å². The lowest BCUT2D eigenvalue weighted by atomic mass is 10.2. The molecule has 2 aromatic carbocycles. The molecule has 0 saturated heterocycles. The third kappa shape index (κ3) is 4.78. The molecule has 3 aromatic rings. The normalized spacial score (nSPS) is 10.3. The van der Waals surface area contributed by atoms with Crippen LogP contribution in [-0.2, 0) is 0 Å². The number of hydrogen-bond acceptors (Lipinski definition) is 5. The minimum atomic E-state index is -0.380. The van der Waals surface area contributed by atoms with Crippen LogP contribution in [0.1, 0.15) is 23.1 Å². The maximum atomic E-state index is 13.0. The number of carbonyl (C=O) groups excluding carboxylic acids is 1. The Morgan fingerprint density at radius 2 is 1.85 bits per heavy atom. The highest BCUT2D eigenvalue weighted by atomic mass is 19.1. The van der Waals surface area contributed by atoms with Crippen LogP contribution < -0.4 is 15.4 Å². The summed E-state index contributed by atoms with van der Waals surface area (Å²) >= 11 is 0. The van der Waals surface area contributed by atoms with Gasteiger partial charge in [-0.05, 0) is 56.3 Å². The van der Waals surface area contributed by atoms with Crippen molar-refractivity contribution < 1.29 is 13.9 Å². The molecule has 0 bridgehead atoms. The van der Waals surface area contributed by atoms with Gasteiger partial charge in [-0.25, -0.2) is 14.4 Å². The Morgan fingerprint density at radius 1 is 1.11 bits per heavy atom. The van der Waals surface area contributed by atoms with Crippen molar-refractivity contribution in [1.29, 1.82) is 0 Å². The van der Waals surface area contributed by atoms with Crippen LogP contribution in [0.5, 0.6) is 5.75 Å². The van der Waals surface area contributed by atoms with Gasteiger partial charge in [-0.1, -0.05) is 12.1 Å². The summed E-state index contributed by atoms with van der Waals surface area (Å²) in [6, 6.07) is 14.6. The number of anilines is 3. The third-order valence-electron chi connectivity index (χ3n) is 3.62. The van der Waals surface area contributed by atoms with Crippen molar-refractivity contribution in [2.75, 3.05) is 17.2 Å². The molecule has 1 heterocycles. The Kier molecular flexibility index (Phi) is 5.61. The number of para-hydroxylation sites is 2. The molecule has 0 aliphatic heterocycles. The number of halogens is 1. The molecule has 0 saturated carbocycles. The molecule has 2 N–H and O–H groups in total. The fourth-order valence-corrected chi connectivity index (χ4v) is 2.44. The maximum Gasteiger partial charge on any atom is 0.274 e. The number of benzene rings is 2. The van der Waals surface area contributed by atoms with Crippen LogP contribution in [-0.4, -0.2) is 22.5 Å². The second kappa shape index (κ2) is 8.27. The minimum absolute atomic E-state index is 0.207. The van der Waals surface area contributed by atoms with Gasteiger partial charge in [0, 0.05) is 11.4 Å². The molecule has 3 rings (SSSR count). The molecule has 138 valence electrons. The van der Waals surface area contributed by atoms with Crippen molar-refractivity contribution in [2.24, 2.45) is 0 Å². The summed E-state index contributed by atoms with van der Waals surface area (Å²) in [6.45, 7) is 4.13. The van der Waals surface area contributed by atoms with Gasteiger partial charge in [0.05, 0.1) is 12.3 Å². The van der Waals surface area contributed by atoms with Crippen molar-refractivity contribution in [2.45, 2.75) is 13.8 Å². The number of carbonyl (C=O) groups is 1. The molecule has 0 unspecified atom stereocenters. The van der Waals surface area contributed by atoms with Gasteiger partial charge in [-0.3, -0.25) is 4.79 Å². The summed E-state index contributed by atoms with van der Waals surface area (Å²) in [6.07, 6.45) is 0. The van der Waals surface area contributed by atoms with Crippen molar-refractivity contribution in [3.8, 4) is 5.75 Å². The topological polar surface area (TPSA) is 76.1 Å². The standard InChI is InChI=1S/C20H19FN4O2/c1-3-27-18-7-5-4-6-16(18)24-19(26)17-12-13(2)22-20(25-17)23-15-10-8-14(21)9-11-15/h4-12H,3H2,1-2H3,(H,24,26)(H,22,23,25). The van der Waals surface area contributed by atoms with Gasteiger partial charge in [0.1, 0.15) is 17.3 Å². The Balaban J connectivity index is 1.81. The average Bonchev–Trinajstić information content (AvgIpc) is 2.65. The number of rotatable bonds is 6. The number of amides is 1. The third-order valence-corrected chi connectivity index (χ3v) is 3.62. The summed E-state index contributed by atoms with van der Waals surface area (Å²) in [5.41, 5.74) is 2.01. The molecule has 0 atom stereocenters. The Labute approximate surface area is 156 Å². The number of nitrogens with zero attached hydrogens (tertiary/aromatic N) is 2. The van der Waals surface area contributed by atoms with Crippen LogP contribution in [0.15, 0.2) is 54.6 Å². The zero-order valence-electron chi connectivity index (χ0n) is 15.0. The summed E-state index contributed by atoms with van der Waals surface area (Å²) in [5, 5.41) is 5.78. The highest BCUT2D eigenvalue weighted by molar-refractivity contribution is 6.03. The quantitative estimate of drug-likeness (QED) is 0.679. The van der Waals surface area contributed by atoms with Gasteiger partial charge in [0.2, 0.25) is 5.95 Å². The van der Waals surface area contributed by atoms with Crippen molar-refractivity contribution in [3.63, 3.8) is 0 Å². The van der Waals surface area contributed by atoms with Gasteiger partial charge in [-0.15, -0.1) is 0 Å². The first-order valence-corrected chi connectivity index (χ1v) is 8.46. The highest BCUT2D eigenvalue weighted by Crippen LogP contribution is 2.24. The fraction of sp³-hybridized carbons (Fsp3) is 0.150. The Bertz CT molecular complexity index is 945. The maximum absolute atomic E-state index is 13.0. The van der Waals surface area contributed by atoms with Crippen LogP contribution in [0.25, 0.3) is 0 Å². The van der Waals surface area contributed by atoms with E-state index in [9.17, 15) is 9.18 Å². The molecular formula is C20H19FN4O2. The van der Waals surface area contributed by atoms with Gasteiger partial charge < -0.3 is 15.4 Å². The first kappa shape index (κ1) is 18.3. The first-order chi connectivity index (χ1) is 13.0. The van der Waals surface area contributed by atoms with E-state index in [1.54, 1.807) is 37.3 Å². The van der Waals surface area contributed by atoms with Crippen molar-refractivity contribution in [1.82, 2.24) is 9.97 Å². The highest BCUT2D eigenvalue weighted by Gasteiger charge is 2.13. The van der Waals surface area contributed by atoms with Crippen molar-refractivity contribution >= 4 is 23.2 Å². The van der Waals surface area contributed by atoms with E-state index in [2.05, 4.69) is 20.6 Å². The molecule has 0 spiro atoms. The molecule has 0 fully saturated rings. The van der Waals surface area contributed by atoms with E-state index in [0.29, 0.717) is 29.4 Å². The van der Waals surface area contributed by atoms with E-state index in [1.807, 2.05) is 19.1 Å². The number of aryl methyl sites for hydroxylation is 1. The van der Waals surface area contributed by atoms with Gasteiger partial charge >= 0.3 is 0 Å². The van der Waals surface area contributed by atoms with Crippen LogP contribution in [0, 0.1) is 12.7 Å². The van der Waals surface area contributed by atoms with E-state index in [-0.39, 0.29) is 23.4 Å². The molecule has 27 heavy (non-hydrogen) atoms. The zero-order valence-corrected chi connectivity index (χ0v) is 15.0. The van der Waals surface area contributed by atoms with Gasteiger partial charge in [0.15, 0.2) is 0 Å². The predicted octanol–water partition coefficient (Wildman–Crippen LogP) is 4.32. The monoisotopic (exact) mass is 366 g/mol. The lowest BCUT2D eigenvalue weighted by molar-refractivity contribution is 0.102. The van der Waals surface area contributed by atoms with Crippen LogP contribution in [0.2, 0.25) is 0 Å². The molecule has 0 aliphatic rings. The van der Waals surface area contributed by atoms with E-state index < -0.39 is 0 Å². The molecule has 0 aliphatic carbocycles. The molecule has 6 nitrogen and oxygen atoms in total. The smallest absolute Gasteiger partial charge is 0.274 e. The largest absolute Gasteiger partial charge is 0.492 e. The van der Waals surface area contributed by atoms with Crippen LogP contribution in [0.3, 0.4) is 0 Å². The summed E-state index contributed by atoms with van der Waals surface area (Å²) in [5.74, 6) is 0.127. The summed E-state index contributed by atoms with van der Waals surface area (Å²) < 4.78 is 18.6. The molecule has 1 amide bonds. The lowest BCUT2D eigenvalue weighted by Gasteiger charge is -2.12. The number of aromatic nitrogens is 2. The first-order valence-electron chi connectivity index (χ1n) is 8.46. The zero-order chi connectivity index (χ0) is 19.2. The summed E-state index contributed by atoms with van der Waals surface area (Å²) in [4.78, 5) is 21.2. The van der Waals surface area contributed by atoms with Crippen LogP contribution in [0.4, 0.5) is 21.7 Å². The van der Waals surface area contributed by atoms with Gasteiger partial charge in [-0.2, -0.15) is 0 Å². The Morgan fingerprint density at radius 3 is 2.59 bits per heavy atom. The van der Waals surface area contributed by atoms with E-state index in [1.165, 1.54) is 12.1 Å².